The van der Waals surface area contributed by atoms with E-state index in [9.17, 15) is 0 Å². The summed E-state index contributed by atoms with van der Waals surface area (Å²) >= 11 is 1.07. The zero-order valence-electron chi connectivity index (χ0n) is 6.07. The van der Waals surface area contributed by atoms with Crippen molar-refractivity contribution in [3.8, 4) is 6.26 Å². The van der Waals surface area contributed by atoms with Crippen LogP contribution < -0.4 is 0 Å². The van der Waals surface area contributed by atoms with Crippen molar-refractivity contribution in [1.82, 2.24) is 0 Å². The molecule has 2 nitrogen and oxygen atoms in total. The Balaban J connectivity index is 2.60. The lowest BCUT2D eigenvalue weighted by Gasteiger charge is -1.95. The number of benzene rings is 1. The van der Waals surface area contributed by atoms with Crippen molar-refractivity contribution in [1.29, 1.82) is 5.26 Å². The first-order valence-electron chi connectivity index (χ1n) is 3.12. The van der Waals surface area contributed by atoms with Gasteiger partial charge in [0.2, 0.25) is 0 Å². The van der Waals surface area contributed by atoms with Crippen molar-refractivity contribution >= 4 is 12.0 Å². The molecule has 0 N–H and O–H groups in total. The first-order chi connectivity index (χ1) is 5.33. The molecule has 0 saturated carbocycles. The van der Waals surface area contributed by atoms with Crippen LogP contribution in [-0.4, -0.2) is 0 Å². The third-order valence-corrected chi connectivity index (χ3v) is 1.82. The summed E-state index contributed by atoms with van der Waals surface area (Å²) in [5.41, 5.74) is 1.20. The molecule has 1 aromatic rings. The molecule has 0 spiro atoms. The first kappa shape index (κ1) is 7.96. The van der Waals surface area contributed by atoms with E-state index in [1.807, 2.05) is 31.2 Å². The zero-order chi connectivity index (χ0) is 8.10. The minimum atomic E-state index is 0.942. The molecule has 0 amide bonds. The summed E-state index contributed by atoms with van der Waals surface area (Å²) in [5.74, 6) is 0. The van der Waals surface area contributed by atoms with E-state index in [0.717, 1.165) is 16.9 Å². The number of aryl methyl sites for hydroxylation is 1. The van der Waals surface area contributed by atoms with E-state index in [2.05, 4.69) is 4.18 Å². The summed E-state index contributed by atoms with van der Waals surface area (Å²) in [6.07, 6.45) is 1.59. The van der Waals surface area contributed by atoms with Gasteiger partial charge in [0, 0.05) is 4.90 Å². The maximum absolute atomic E-state index is 8.09. The van der Waals surface area contributed by atoms with Crippen molar-refractivity contribution in [2.45, 2.75) is 11.8 Å². The second kappa shape index (κ2) is 3.89. The van der Waals surface area contributed by atoms with Crippen molar-refractivity contribution in [2.24, 2.45) is 0 Å². The van der Waals surface area contributed by atoms with E-state index in [1.165, 1.54) is 5.56 Å². The van der Waals surface area contributed by atoms with E-state index in [1.54, 1.807) is 6.26 Å². The quantitative estimate of drug-likeness (QED) is 0.498. The number of nitrogens with zero attached hydrogens (tertiary/aromatic N) is 1. The summed E-state index contributed by atoms with van der Waals surface area (Å²) < 4.78 is 4.48. The molecule has 56 valence electrons. The van der Waals surface area contributed by atoms with E-state index in [-0.39, 0.29) is 0 Å². The molecule has 0 radical (unpaired) electrons. The van der Waals surface area contributed by atoms with Crippen molar-refractivity contribution in [2.75, 3.05) is 0 Å². The molecule has 0 aromatic heterocycles. The van der Waals surface area contributed by atoms with Gasteiger partial charge in [-0.2, -0.15) is 0 Å². The zero-order valence-corrected chi connectivity index (χ0v) is 6.89. The Morgan fingerprint density at radius 1 is 1.36 bits per heavy atom. The molecule has 0 aliphatic rings. The third kappa shape index (κ3) is 2.52. The van der Waals surface area contributed by atoms with Gasteiger partial charge >= 0.3 is 0 Å². The number of hydrogen-bond acceptors (Lipinski definition) is 3. The van der Waals surface area contributed by atoms with Crippen LogP contribution in [0.3, 0.4) is 0 Å². The highest BCUT2D eigenvalue weighted by molar-refractivity contribution is 7.94. The second-order valence-corrected chi connectivity index (χ2v) is 2.88. The molecule has 0 saturated heterocycles. The molecule has 0 fully saturated rings. The van der Waals surface area contributed by atoms with Gasteiger partial charge < -0.3 is 4.18 Å². The van der Waals surface area contributed by atoms with Gasteiger partial charge in [0.15, 0.2) is 0 Å². The molecular weight excluding hydrogens is 158 g/mol. The second-order valence-electron chi connectivity index (χ2n) is 2.07. The van der Waals surface area contributed by atoms with Crippen LogP contribution >= 0.6 is 12.0 Å². The Morgan fingerprint density at radius 2 is 2.00 bits per heavy atom. The van der Waals surface area contributed by atoms with Crippen molar-refractivity contribution in [3.63, 3.8) is 0 Å². The molecular formula is C8H7NOS. The normalized spacial score (nSPS) is 8.73. The van der Waals surface area contributed by atoms with Crippen LogP contribution in [-0.2, 0) is 4.18 Å². The van der Waals surface area contributed by atoms with Crippen LogP contribution in [0.1, 0.15) is 5.56 Å². The Bertz CT molecular complexity index is 262. The van der Waals surface area contributed by atoms with Crippen LogP contribution in [0.4, 0.5) is 0 Å². The fourth-order valence-corrected chi connectivity index (χ4v) is 1.04. The van der Waals surface area contributed by atoms with Crippen LogP contribution in [0.2, 0.25) is 0 Å². The van der Waals surface area contributed by atoms with Gasteiger partial charge in [-0.1, -0.05) is 17.7 Å². The lowest BCUT2D eigenvalue weighted by molar-refractivity contribution is 0.594. The van der Waals surface area contributed by atoms with Gasteiger partial charge in [-0.3, -0.25) is 0 Å². The molecule has 0 aliphatic heterocycles. The monoisotopic (exact) mass is 165 g/mol. The van der Waals surface area contributed by atoms with Gasteiger partial charge in [-0.15, -0.1) is 5.26 Å². The average Bonchev–Trinajstić information content (AvgIpc) is 2.04. The molecule has 11 heavy (non-hydrogen) atoms. The largest absolute Gasteiger partial charge is 0.347 e. The Labute approximate surface area is 70.0 Å². The van der Waals surface area contributed by atoms with Crippen LogP contribution in [0.15, 0.2) is 29.2 Å². The molecule has 0 heterocycles. The molecule has 0 unspecified atom stereocenters. The fraction of sp³-hybridized carbons (Fsp3) is 0.125. The third-order valence-electron chi connectivity index (χ3n) is 1.20. The smallest absolute Gasteiger partial charge is 0.300 e. The highest BCUT2D eigenvalue weighted by Crippen LogP contribution is 2.18. The Hall–Kier alpha value is -1.14. The summed E-state index contributed by atoms with van der Waals surface area (Å²) in [6.45, 7) is 2.01. The standard InChI is InChI=1S/C8H7NOS/c1-7-2-4-8(5-3-7)11-10-6-9/h2-5H,1H3. The number of hydrogen-bond donors (Lipinski definition) is 0. The summed E-state index contributed by atoms with van der Waals surface area (Å²) in [7, 11) is 0. The topological polar surface area (TPSA) is 33.0 Å². The molecule has 0 bridgehead atoms. The fourth-order valence-electron chi connectivity index (χ4n) is 0.661. The summed E-state index contributed by atoms with van der Waals surface area (Å²) in [5, 5.41) is 8.09. The lowest BCUT2D eigenvalue weighted by atomic mass is 10.2. The maximum Gasteiger partial charge on any atom is 0.300 e. The van der Waals surface area contributed by atoms with Gasteiger partial charge in [0.1, 0.15) is 12.0 Å². The van der Waals surface area contributed by atoms with Gasteiger partial charge in [-0.25, -0.2) is 0 Å². The molecule has 3 heteroatoms. The molecule has 1 rings (SSSR count). The average molecular weight is 165 g/mol. The van der Waals surface area contributed by atoms with Crippen LogP contribution in [0.5, 0.6) is 0 Å². The van der Waals surface area contributed by atoms with Gasteiger partial charge in [-0.05, 0) is 19.1 Å². The van der Waals surface area contributed by atoms with Gasteiger partial charge in [0.05, 0.1) is 0 Å². The van der Waals surface area contributed by atoms with E-state index in [0.29, 0.717) is 0 Å². The SMILES string of the molecule is Cc1ccc(SOC#N)cc1. The molecule has 1 aromatic carbocycles. The summed E-state index contributed by atoms with van der Waals surface area (Å²) in [6, 6.07) is 7.78. The Kier molecular flexibility index (Phi) is 2.82. The van der Waals surface area contributed by atoms with Gasteiger partial charge in [0.25, 0.3) is 6.26 Å². The van der Waals surface area contributed by atoms with E-state index >= 15 is 0 Å². The lowest BCUT2D eigenvalue weighted by Crippen LogP contribution is -1.73. The number of nitriles is 1. The minimum absolute atomic E-state index is 0.942. The van der Waals surface area contributed by atoms with E-state index < -0.39 is 0 Å². The minimum Gasteiger partial charge on any atom is -0.347 e. The number of rotatable bonds is 2. The predicted molar refractivity (Wildman–Crippen MR) is 43.7 cm³/mol. The molecule has 0 atom stereocenters. The van der Waals surface area contributed by atoms with Crippen molar-refractivity contribution < 1.29 is 4.18 Å². The van der Waals surface area contributed by atoms with Crippen molar-refractivity contribution in [3.05, 3.63) is 29.8 Å². The highest BCUT2D eigenvalue weighted by Gasteiger charge is 1.92. The molecule has 0 aliphatic carbocycles. The highest BCUT2D eigenvalue weighted by atomic mass is 32.2. The summed E-state index contributed by atoms with van der Waals surface area (Å²) in [4.78, 5) is 0.942. The van der Waals surface area contributed by atoms with Crippen LogP contribution in [0.25, 0.3) is 0 Å². The maximum atomic E-state index is 8.09. The van der Waals surface area contributed by atoms with Crippen LogP contribution in [0, 0.1) is 18.4 Å². The first-order valence-corrected chi connectivity index (χ1v) is 3.86. The van der Waals surface area contributed by atoms with E-state index in [4.69, 9.17) is 5.26 Å². The predicted octanol–water partition coefficient (Wildman–Crippen LogP) is 2.50. The Morgan fingerprint density at radius 3 is 2.55 bits per heavy atom.